The maximum Gasteiger partial charge on any atom is 0.267 e. The van der Waals surface area contributed by atoms with Crippen LogP contribution in [0.25, 0.3) is 10.9 Å². The van der Waals surface area contributed by atoms with Crippen LogP contribution in [0.5, 0.6) is 0 Å². The van der Waals surface area contributed by atoms with E-state index in [0.29, 0.717) is 12.2 Å². The number of rotatable bonds is 5. The maximum absolute atomic E-state index is 12.1. The fourth-order valence-corrected chi connectivity index (χ4v) is 3.19. The van der Waals surface area contributed by atoms with Crippen LogP contribution in [0.1, 0.15) is 32.0 Å². The minimum absolute atomic E-state index is 0.0818. The Balaban J connectivity index is 1.58. The summed E-state index contributed by atoms with van der Waals surface area (Å²) in [6, 6.07) is 13.4. The molecule has 1 amide bonds. The number of carbonyl (C=O) groups is 2. The van der Waals surface area contributed by atoms with Gasteiger partial charge in [-0.15, -0.1) is 11.3 Å². The van der Waals surface area contributed by atoms with Crippen LogP contribution in [0.3, 0.4) is 0 Å². The van der Waals surface area contributed by atoms with Gasteiger partial charge in [-0.05, 0) is 37.6 Å². The summed E-state index contributed by atoms with van der Waals surface area (Å²) in [5.74, 6) is -0.0297. The van der Waals surface area contributed by atoms with Crippen LogP contribution in [0.15, 0.2) is 42.5 Å². The maximum atomic E-state index is 12.1. The zero-order valence-electron chi connectivity index (χ0n) is 12.2. The quantitative estimate of drug-likeness (QED) is 0.709. The molecule has 2 aromatic heterocycles. The lowest BCUT2D eigenvalue weighted by Crippen LogP contribution is -2.25. The normalized spacial score (nSPS) is 10.8. The summed E-state index contributed by atoms with van der Waals surface area (Å²) in [5.41, 5.74) is 1.52. The number of H-pyrrole nitrogens is 1. The molecule has 5 heteroatoms. The van der Waals surface area contributed by atoms with E-state index in [2.05, 4.69) is 10.3 Å². The van der Waals surface area contributed by atoms with Crippen molar-refractivity contribution in [2.75, 3.05) is 6.54 Å². The van der Waals surface area contributed by atoms with E-state index in [9.17, 15) is 9.59 Å². The third-order valence-corrected chi connectivity index (χ3v) is 4.69. The van der Waals surface area contributed by atoms with Gasteiger partial charge in [0.25, 0.3) is 5.91 Å². The average molecular weight is 312 g/mol. The highest BCUT2D eigenvalue weighted by Gasteiger charge is 2.09. The number of fused-ring (bicyclic) bond motifs is 1. The minimum atomic E-state index is -0.112. The molecule has 2 N–H and O–H groups in total. The first kappa shape index (κ1) is 14.5. The van der Waals surface area contributed by atoms with E-state index < -0.39 is 0 Å². The van der Waals surface area contributed by atoms with Crippen LogP contribution in [0.4, 0.5) is 0 Å². The summed E-state index contributed by atoms with van der Waals surface area (Å²) < 4.78 is 0. The molecule has 0 atom stereocenters. The molecule has 3 rings (SSSR count). The number of hydrogen-bond donors (Lipinski definition) is 2. The Bertz CT molecular complexity index is 799. The molecular formula is C17H16N2O2S. The van der Waals surface area contributed by atoms with E-state index >= 15 is 0 Å². The van der Waals surface area contributed by atoms with Crippen molar-refractivity contribution in [1.29, 1.82) is 0 Å². The molecule has 0 unspecified atom stereocenters. The third kappa shape index (κ3) is 3.09. The summed E-state index contributed by atoms with van der Waals surface area (Å²) in [4.78, 5) is 28.3. The fourth-order valence-electron chi connectivity index (χ4n) is 2.29. The monoisotopic (exact) mass is 312 g/mol. The molecule has 0 spiro atoms. The van der Waals surface area contributed by atoms with Gasteiger partial charge in [0.15, 0.2) is 5.78 Å². The molecule has 1 aromatic carbocycles. The van der Waals surface area contributed by atoms with E-state index in [1.54, 1.807) is 6.92 Å². The van der Waals surface area contributed by atoms with Crippen molar-refractivity contribution in [3.05, 3.63) is 57.9 Å². The van der Waals surface area contributed by atoms with Crippen molar-refractivity contribution >= 4 is 33.9 Å². The third-order valence-electron chi connectivity index (χ3n) is 3.44. The predicted molar refractivity (Wildman–Crippen MR) is 88.7 cm³/mol. The molecule has 2 heterocycles. The van der Waals surface area contributed by atoms with Crippen LogP contribution < -0.4 is 5.32 Å². The number of para-hydroxylation sites is 1. The topological polar surface area (TPSA) is 62.0 Å². The van der Waals surface area contributed by atoms with Gasteiger partial charge in [-0.1, -0.05) is 18.2 Å². The second-order valence-electron chi connectivity index (χ2n) is 5.10. The van der Waals surface area contributed by atoms with Crippen molar-refractivity contribution in [2.45, 2.75) is 13.3 Å². The molecule has 0 radical (unpaired) electrons. The molecule has 0 aliphatic carbocycles. The molecular weight excluding hydrogens is 296 g/mol. The zero-order valence-corrected chi connectivity index (χ0v) is 13.0. The first-order valence-corrected chi connectivity index (χ1v) is 7.91. The van der Waals surface area contributed by atoms with Gasteiger partial charge < -0.3 is 10.3 Å². The number of hydrogen-bond acceptors (Lipinski definition) is 3. The van der Waals surface area contributed by atoms with Crippen LogP contribution in [-0.4, -0.2) is 23.2 Å². The number of aromatic amines is 1. The number of nitrogens with one attached hydrogen (secondary N) is 2. The largest absolute Gasteiger partial charge is 0.351 e. The molecule has 4 nitrogen and oxygen atoms in total. The van der Waals surface area contributed by atoms with Crippen LogP contribution >= 0.6 is 11.3 Å². The molecule has 0 aliphatic rings. The van der Waals surface area contributed by atoms with Gasteiger partial charge in [-0.3, -0.25) is 9.59 Å². The molecule has 22 heavy (non-hydrogen) atoms. The highest BCUT2D eigenvalue weighted by atomic mass is 32.1. The predicted octanol–water partition coefficient (Wildman–Crippen LogP) is 3.40. The Kier molecular flexibility index (Phi) is 4.06. The van der Waals surface area contributed by atoms with E-state index in [1.165, 1.54) is 11.3 Å². The number of thiophene rings is 1. The Hall–Kier alpha value is -2.40. The van der Waals surface area contributed by atoms with E-state index in [4.69, 9.17) is 0 Å². The molecule has 0 aliphatic heterocycles. The molecule has 0 saturated heterocycles. The Morgan fingerprint density at radius 1 is 1.18 bits per heavy atom. The number of carbonyl (C=O) groups excluding carboxylic acids is 2. The summed E-state index contributed by atoms with van der Waals surface area (Å²) in [7, 11) is 0. The van der Waals surface area contributed by atoms with Crippen LogP contribution in [0.2, 0.25) is 0 Å². The highest BCUT2D eigenvalue weighted by Crippen LogP contribution is 2.17. The van der Waals surface area contributed by atoms with Gasteiger partial charge in [-0.2, -0.15) is 0 Å². The summed E-state index contributed by atoms with van der Waals surface area (Å²) in [6.45, 7) is 2.11. The van der Waals surface area contributed by atoms with Crippen LogP contribution in [0, 0.1) is 0 Å². The Morgan fingerprint density at radius 3 is 2.73 bits per heavy atom. The summed E-state index contributed by atoms with van der Waals surface area (Å²) >= 11 is 1.48. The van der Waals surface area contributed by atoms with Crippen molar-refractivity contribution in [1.82, 2.24) is 10.3 Å². The van der Waals surface area contributed by atoms with Crippen molar-refractivity contribution in [2.24, 2.45) is 0 Å². The molecule has 112 valence electrons. The number of amides is 1. The first-order valence-electron chi connectivity index (χ1n) is 7.09. The first-order chi connectivity index (χ1) is 10.6. The fraction of sp³-hybridized carbons (Fsp3) is 0.176. The molecule has 0 fully saturated rings. The van der Waals surface area contributed by atoms with Gasteiger partial charge in [0.2, 0.25) is 0 Å². The standard InChI is InChI=1S/C17H16N2O2S/c1-11(20)16-7-6-13(22-16)8-9-18-17(21)15-10-12-4-2-3-5-14(12)19-15/h2-7,10,19H,8-9H2,1H3,(H,18,21). The van der Waals surface area contributed by atoms with Crippen molar-refractivity contribution < 1.29 is 9.59 Å². The van der Waals surface area contributed by atoms with Gasteiger partial charge in [-0.25, -0.2) is 0 Å². The summed E-state index contributed by atoms with van der Waals surface area (Å²) in [6.07, 6.45) is 0.726. The number of ketones is 1. The second-order valence-corrected chi connectivity index (χ2v) is 6.27. The Morgan fingerprint density at radius 2 is 2.00 bits per heavy atom. The van der Waals surface area contributed by atoms with E-state index in [0.717, 1.165) is 27.1 Å². The van der Waals surface area contributed by atoms with Crippen LogP contribution in [-0.2, 0) is 6.42 Å². The zero-order chi connectivity index (χ0) is 15.5. The molecule has 0 bridgehead atoms. The highest BCUT2D eigenvalue weighted by molar-refractivity contribution is 7.14. The van der Waals surface area contributed by atoms with Crippen molar-refractivity contribution in [3.8, 4) is 0 Å². The Labute approximate surface area is 132 Å². The number of benzene rings is 1. The van der Waals surface area contributed by atoms with E-state index in [-0.39, 0.29) is 11.7 Å². The smallest absolute Gasteiger partial charge is 0.267 e. The van der Waals surface area contributed by atoms with Gasteiger partial charge in [0, 0.05) is 22.3 Å². The van der Waals surface area contributed by atoms with Gasteiger partial charge in [0.1, 0.15) is 5.69 Å². The lowest BCUT2D eigenvalue weighted by Gasteiger charge is -2.02. The van der Waals surface area contributed by atoms with Gasteiger partial charge >= 0.3 is 0 Å². The lowest BCUT2D eigenvalue weighted by atomic mass is 10.2. The average Bonchev–Trinajstić information content (AvgIpc) is 3.13. The minimum Gasteiger partial charge on any atom is -0.351 e. The second kappa shape index (κ2) is 6.15. The SMILES string of the molecule is CC(=O)c1ccc(CCNC(=O)c2cc3ccccc3[nH]2)s1. The number of Topliss-reactive ketones (excluding diaryl/α,β-unsaturated/α-hetero) is 1. The summed E-state index contributed by atoms with van der Waals surface area (Å²) in [5, 5.41) is 3.92. The van der Waals surface area contributed by atoms with E-state index in [1.807, 2.05) is 42.5 Å². The number of aromatic nitrogens is 1. The van der Waals surface area contributed by atoms with Crippen molar-refractivity contribution in [3.63, 3.8) is 0 Å². The molecule has 0 saturated carbocycles. The molecule has 3 aromatic rings. The lowest BCUT2D eigenvalue weighted by molar-refractivity contribution is 0.0949. The van der Waals surface area contributed by atoms with Gasteiger partial charge in [0.05, 0.1) is 4.88 Å².